The van der Waals surface area contributed by atoms with Gasteiger partial charge in [0.1, 0.15) is 13.2 Å². The van der Waals surface area contributed by atoms with Crippen LogP contribution in [0.4, 0.5) is 0 Å². The molecule has 0 aliphatic carbocycles. The summed E-state index contributed by atoms with van der Waals surface area (Å²) in [5.74, 6) is -0.975. The Morgan fingerprint density at radius 3 is 0.863 bits per heavy atom. The summed E-state index contributed by atoms with van der Waals surface area (Å²) in [6.45, 7) is 6.37. The SMILES string of the molecule is CC/C=C\C/C=C\C/C=C\C/C=C\C/C=C\CCCCCC(=O)OC(COC(=O)CCCC/C=C\C/C=C\C/C=C\C/C=C\CC)COC(=O)CCCCCCCCCCCCCCCCCCCCCCC. The fraction of sp³-hybridized carbons (Fsp3) is 0.687. The van der Waals surface area contributed by atoms with Crippen LogP contribution in [0.5, 0.6) is 0 Å². The van der Waals surface area contributed by atoms with E-state index in [4.69, 9.17) is 14.2 Å². The van der Waals surface area contributed by atoms with Gasteiger partial charge in [-0.2, -0.15) is 0 Å². The molecule has 416 valence electrons. The van der Waals surface area contributed by atoms with Crippen molar-refractivity contribution in [2.24, 2.45) is 0 Å². The van der Waals surface area contributed by atoms with E-state index in [1.54, 1.807) is 0 Å². The van der Waals surface area contributed by atoms with Crippen molar-refractivity contribution in [1.82, 2.24) is 0 Å². The number of esters is 3. The fourth-order valence-corrected chi connectivity index (χ4v) is 8.28. The van der Waals surface area contributed by atoms with Crippen molar-refractivity contribution in [3.63, 3.8) is 0 Å². The highest BCUT2D eigenvalue weighted by Gasteiger charge is 2.19. The number of carbonyl (C=O) groups is 3. The third-order valence-corrected chi connectivity index (χ3v) is 12.8. The van der Waals surface area contributed by atoms with Gasteiger partial charge in [0.2, 0.25) is 0 Å². The van der Waals surface area contributed by atoms with Crippen LogP contribution in [-0.2, 0) is 28.6 Å². The Morgan fingerprint density at radius 2 is 0.534 bits per heavy atom. The van der Waals surface area contributed by atoms with E-state index in [-0.39, 0.29) is 37.5 Å². The molecular weight excluding hydrogens is 901 g/mol. The second-order valence-electron chi connectivity index (χ2n) is 19.9. The number of unbranched alkanes of at least 4 members (excludes halogenated alkanes) is 25. The van der Waals surface area contributed by atoms with Crippen molar-refractivity contribution in [2.75, 3.05) is 13.2 Å². The molecule has 0 fully saturated rings. The minimum Gasteiger partial charge on any atom is -0.462 e. The Morgan fingerprint density at radius 1 is 0.288 bits per heavy atom. The largest absolute Gasteiger partial charge is 0.462 e. The van der Waals surface area contributed by atoms with Crippen LogP contribution in [0.2, 0.25) is 0 Å². The molecule has 0 bridgehead atoms. The van der Waals surface area contributed by atoms with Gasteiger partial charge in [0.05, 0.1) is 0 Å². The maximum absolute atomic E-state index is 12.9. The predicted octanol–water partition coefficient (Wildman–Crippen LogP) is 20.7. The fourth-order valence-electron chi connectivity index (χ4n) is 8.28. The second-order valence-corrected chi connectivity index (χ2v) is 19.9. The van der Waals surface area contributed by atoms with Crippen LogP contribution in [0.1, 0.15) is 278 Å². The monoisotopic (exact) mass is 1010 g/mol. The maximum atomic E-state index is 12.9. The lowest BCUT2D eigenvalue weighted by Gasteiger charge is -2.18. The summed E-state index contributed by atoms with van der Waals surface area (Å²) in [6, 6.07) is 0. The van der Waals surface area contributed by atoms with Crippen molar-refractivity contribution < 1.29 is 28.6 Å². The lowest BCUT2D eigenvalue weighted by molar-refractivity contribution is -0.167. The van der Waals surface area contributed by atoms with Crippen molar-refractivity contribution in [3.05, 3.63) is 109 Å². The first-order valence-corrected chi connectivity index (χ1v) is 30.4. The molecule has 0 heterocycles. The summed E-state index contributed by atoms with van der Waals surface area (Å²) < 4.78 is 16.8. The van der Waals surface area contributed by atoms with Gasteiger partial charge in [-0.25, -0.2) is 0 Å². The molecule has 0 spiro atoms. The average Bonchev–Trinajstić information content (AvgIpc) is 3.39. The van der Waals surface area contributed by atoms with Crippen LogP contribution in [0.15, 0.2) is 109 Å². The molecule has 0 aliphatic heterocycles. The molecule has 6 heteroatoms. The summed E-state index contributed by atoms with van der Waals surface area (Å²) in [4.78, 5) is 38.2. The van der Waals surface area contributed by atoms with Gasteiger partial charge in [0, 0.05) is 19.3 Å². The number of hydrogen-bond donors (Lipinski definition) is 0. The average molecular weight is 1010 g/mol. The molecule has 0 saturated carbocycles. The van der Waals surface area contributed by atoms with Crippen LogP contribution in [0.3, 0.4) is 0 Å². The molecule has 1 unspecified atom stereocenters. The van der Waals surface area contributed by atoms with E-state index >= 15 is 0 Å². The van der Waals surface area contributed by atoms with Gasteiger partial charge in [-0.3, -0.25) is 14.4 Å². The van der Waals surface area contributed by atoms with Gasteiger partial charge in [-0.15, -0.1) is 0 Å². The van der Waals surface area contributed by atoms with Crippen molar-refractivity contribution >= 4 is 17.9 Å². The zero-order valence-electron chi connectivity index (χ0n) is 47.6. The lowest BCUT2D eigenvalue weighted by Crippen LogP contribution is -2.30. The maximum Gasteiger partial charge on any atom is 0.306 e. The summed E-state index contributed by atoms with van der Waals surface area (Å²) >= 11 is 0. The first-order valence-electron chi connectivity index (χ1n) is 30.4. The number of carbonyl (C=O) groups excluding carboxylic acids is 3. The topological polar surface area (TPSA) is 78.9 Å². The number of hydrogen-bond acceptors (Lipinski definition) is 6. The van der Waals surface area contributed by atoms with Crippen molar-refractivity contribution in [3.8, 4) is 0 Å². The standard InChI is InChI=1S/C67H112O6/c1-4-7-10-13-16-19-22-25-28-30-32-33-35-36-39-42-45-48-51-54-57-60-66(69)72-63-64(62-71-65(68)59-56-53-50-47-44-41-38-27-24-21-18-15-12-9-6-3)73-67(70)61-58-55-52-49-46-43-40-37-34-31-29-26-23-20-17-14-11-8-5-2/h8-9,11-12,17-18,20-21,26-27,29,34,37-38,43-44,46-47,64H,4-7,10,13-16,19,22-25,28,30-33,35-36,39-42,45,48-63H2,1-3H3/b11-8-,12-9-,20-17-,21-18-,29-26-,37-34-,38-27-,46-43-,47-44-. The van der Waals surface area contributed by atoms with E-state index in [0.29, 0.717) is 19.3 Å². The Balaban J connectivity index is 4.45. The molecule has 0 N–H and O–H groups in total. The quantitative estimate of drug-likeness (QED) is 0.0261. The lowest BCUT2D eigenvalue weighted by atomic mass is 10.0. The predicted molar refractivity (Wildman–Crippen MR) is 316 cm³/mol. The highest BCUT2D eigenvalue weighted by Crippen LogP contribution is 2.16. The Hall–Kier alpha value is -3.93. The normalized spacial score (nSPS) is 12.9. The highest BCUT2D eigenvalue weighted by molar-refractivity contribution is 5.71. The number of rotatable bonds is 54. The number of ether oxygens (including phenoxy) is 3. The first kappa shape index (κ1) is 69.1. The van der Waals surface area contributed by atoms with E-state index in [1.165, 1.54) is 116 Å². The molecule has 0 saturated heterocycles. The zero-order chi connectivity index (χ0) is 52.9. The molecule has 0 amide bonds. The summed E-state index contributed by atoms with van der Waals surface area (Å²) in [5.41, 5.74) is 0. The first-order chi connectivity index (χ1) is 36.0. The molecule has 73 heavy (non-hydrogen) atoms. The Labute approximate surface area is 450 Å². The van der Waals surface area contributed by atoms with Crippen LogP contribution in [0, 0.1) is 0 Å². The zero-order valence-corrected chi connectivity index (χ0v) is 47.6. The Bertz CT molecular complexity index is 1490. The van der Waals surface area contributed by atoms with Gasteiger partial charge in [-0.1, -0.05) is 265 Å². The Kier molecular flexibility index (Phi) is 57.4. The number of allylic oxidation sites excluding steroid dienone is 18. The van der Waals surface area contributed by atoms with Crippen LogP contribution in [0.25, 0.3) is 0 Å². The minimum absolute atomic E-state index is 0.104. The van der Waals surface area contributed by atoms with Gasteiger partial charge >= 0.3 is 17.9 Å². The third-order valence-electron chi connectivity index (χ3n) is 12.8. The second kappa shape index (κ2) is 60.6. The van der Waals surface area contributed by atoms with Crippen LogP contribution >= 0.6 is 0 Å². The van der Waals surface area contributed by atoms with E-state index in [2.05, 4.69) is 130 Å². The summed E-state index contributed by atoms with van der Waals surface area (Å²) in [5, 5.41) is 0. The molecule has 1 atom stereocenters. The molecule has 6 nitrogen and oxygen atoms in total. The van der Waals surface area contributed by atoms with E-state index in [9.17, 15) is 14.4 Å². The smallest absolute Gasteiger partial charge is 0.306 e. The molecule has 0 radical (unpaired) electrons. The summed E-state index contributed by atoms with van der Waals surface area (Å²) in [6.07, 6.45) is 82.4. The van der Waals surface area contributed by atoms with E-state index in [0.717, 1.165) is 116 Å². The molecule has 0 aromatic carbocycles. The third kappa shape index (κ3) is 58.8. The van der Waals surface area contributed by atoms with Gasteiger partial charge in [0.15, 0.2) is 6.10 Å². The molecular formula is C67H112O6. The molecule has 0 aliphatic rings. The summed E-state index contributed by atoms with van der Waals surface area (Å²) in [7, 11) is 0. The van der Waals surface area contributed by atoms with Crippen LogP contribution in [-0.4, -0.2) is 37.2 Å². The van der Waals surface area contributed by atoms with Crippen LogP contribution < -0.4 is 0 Å². The van der Waals surface area contributed by atoms with Gasteiger partial charge < -0.3 is 14.2 Å². The van der Waals surface area contributed by atoms with Crippen molar-refractivity contribution in [1.29, 1.82) is 0 Å². The van der Waals surface area contributed by atoms with Crippen molar-refractivity contribution in [2.45, 2.75) is 284 Å². The molecule has 0 aromatic heterocycles. The van der Waals surface area contributed by atoms with Gasteiger partial charge in [0.25, 0.3) is 0 Å². The van der Waals surface area contributed by atoms with E-state index < -0.39 is 6.10 Å². The minimum atomic E-state index is -0.814. The van der Waals surface area contributed by atoms with Gasteiger partial charge in [-0.05, 0) is 103 Å². The molecule has 0 rings (SSSR count). The van der Waals surface area contributed by atoms with E-state index in [1.807, 2.05) is 0 Å². The highest BCUT2D eigenvalue weighted by atomic mass is 16.6. The molecule has 0 aromatic rings.